The van der Waals surface area contributed by atoms with Gasteiger partial charge in [-0.25, -0.2) is 0 Å². The van der Waals surface area contributed by atoms with Crippen molar-refractivity contribution in [2.75, 3.05) is 20.6 Å². The first kappa shape index (κ1) is 22.2. The summed E-state index contributed by atoms with van der Waals surface area (Å²) in [5, 5.41) is 9.41. The lowest BCUT2D eigenvalue weighted by atomic mass is 10.0. The number of phenolic OH excluding ortho intramolecular Hbond substituents is 1. The zero-order valence-corrected chi connectivity index (χ0v) is 17.2. The number of aromatic hydroxyl groups is 1. The van der Waals surface area contributed by atoms with Gasteiger partial charge in [-0.05, 0) is 36.6 Å². The van der Waals surface area contributed by atoms with Crippen LogP contribution >= 0.6 is 0 Å². The predicted molar refractivity (Wildman–Crippen MR) is 115 cm³/mol. The largest absolute Gasteiger partial charge is 0.508 e. The van der Waals surface area contributed by atoms with E-state index in [0.29, 0.717) is 6.42 Å². The van der Waals surface area contributed by atoms with Crippen LogP contribution in [0.4, 0.5) is 0 Å². The van der Waals surface area contributed by atoms with Crippen LogP contribution in [0.25, 0.3) is 6.08 Å². The monoisotopic (exact) mass is 395 g/mol. The van der Waals surface area contributed by atoms with Crippen molar-refractivity contribution in [1.82, 2.24) is 9.80 Å². The third kappa shape index (κ3) is 6.47. The maximum atomic E-state index is 13.1. The van der Waals surface area contributed by atoms with Crippen molar-refractivity contribution >= 4 is 17.9 Å². The number of hydrogen-bond acceptors (Lipinski definition) is 4. The first-order chi connectivity index (χ1) is 13.8. The van der Waals surface area contributed by atoms with E-state index in [4.69, 9.17) is 5.73 Å². The van der Waals surface area contributed by atoms with Gasteiger partial charge in [-0.2, -0.15) is 0 Å². The molecule has 2 amide bonds. The van der Waals surface area contributed by atoms with Gasteiger partial charge in [-0.3, -0.25) is 9.59 Å². The van der Waals surface area contributed by atoms with E-state index in [2.05, 4.69) is 0 Å². The fourth-order valence-electron chi connectivity index (χ4n) is 3.00. The summed E-state index contributed by atoms with van der Waals surface area (Å²) in [4.78, 5) is 28.5. The Morgan fingerprint density at radius 1 is 1.03 bits per heavy atom. The highest BCUT2D eigenvalue weighted by Gasteiger charge is 2.29. The number of hydrogen-bond donors (Lipinski definition) is 2. The summed E-state index contributed by atoms with van der Waals surface area (Å²) in [6.45, 7) is 1.99. The summed E-state index contributed by atoms with van der Waals surface area (Å²) in [6.07, 6.45) is 4.10. The minimum atomic E-state index is -0.790. The van der Waals surface area contributed by atoms with Crippen molar-refractivity contribution in [2.45, 2.75) is 25.4 Å². The summed E-state index contributed by atoms with van der Waals surface area (Å²) in [7, 11) is 3.33. The standard InChI is InChI=1S/C23H29N3O3/c1-17(22(28)25(2)3)26(15-7-10-18-8-5-4-6-9-18)23(29)21(24)16-19-11-13-20(27)14-12-19/h4-14,17,21,27H,15-16,24H2,1-3H3/b10-7-/t17-,21?/m1/s1. The van der Waals surface area contributed by atoms with Crippen LogP contribution in [0, 0.1) is 0 Å². The van der Waals surface area contributed by atoms with E-state index < -0.39 is 12.1 Å². The Hall–Kier alpha value is -3.12. The Kier molecular flexibility index (Phi) is 7.98. The predicted octanol–water partition coefficient (Wildman–Crippen LogP) is 2.28. The molecule has 0 radical (unpaired) electrons. The smallest absolute Gasteiger partial charge is 0.244 e. The molecular weight excluding hydrogens is 366 g/mol. The first-order valence-electron chi connectivity index (χ1n) is 9.56. The van der Waals surface area contributed by atoms with E-state index in [9.17, 15) is 14.7 Å². The van der Waals surface area contributed by atoms with Gasteiger partial charge in [0.1, 0.15) is 11.8 Å². The van der Waals surface area contributed by atoms with Gasteiger partial charge in [0, 0.05) is 20.6 Å². The molecule has 0 aliphatic rings. The second-order valence-electron chi connectivity index (χ2n) is 7.19. The van der Waals surface area contributed by atoms with Crippen LogP contribution in [0.3, 0.4) is 0 Å². The first-order valence-corrected chi connectivity index (χ1v) is 9.56. The van der Waals surface area contributed by atoms with Gasteiger partial charge in [-0.1, -0.05) is 54.6 Å². The molecule has 0 saturated heterocycles. The van der Waals surface area contributed by atoms with Gasteiger partial charge in [0.2, 0.25) is 11.8 Å². The molecule has 3 N–H and O–H groups in total. The van der Waals surface area contributed by atoms with Gasteiger partial charge in [-0.15, -0.1) is 0 Å². The highest BCUT2D eigenvalue weighted by Crippen LogP contribution is 2.13. The average Bonchev–Trinajstić information content (AvgIpc) is 2.72. The molecule has 0 fully saturated rings. The van der Waals surface area contributed by atoms with E-state index in [1.54, 1.807) is 45.3 Å². The van der Waals surface area contributed by atoms with E-state index in [1.807, 2.05) is 42.5 Å². The van der Waals surface area contributed by atoms with Crippen LogP contribution < -0.4 is 5.73 Å². The summed E-state index contributed by atoms with van der Waals surface area (Å²) in [5.41, 5.74) is 8.04. The number of likely N-dealkylation sites (N-methyl/N-ethyl adjacent to an activating group) is 1. The van der Waals surface area contributed by atoms with Gasteiger partial charge < -0.3 is 20.6 Å². The molecule has 154 valence electrons. The lowest BCUT2D eigenvalue weighted by molar-refractivity contribution is -0.143. The van der Waals surface area contributed by atoms with Crippen molar-refractivity contribution in [2.24, 2.45) is 5.73 Å². The highest BCUT2D eigenvalue weighted by molar-refractivity contribution is 5.89. The normalized spacial score (nSPS) is 13.1. The number of phenols is 1. The zero-order valence-electron chi connectivity index (χ0n) is 17.2. The average molecular weight is 396 g/mol. The molecule has 6 nitrogen and oxygen atoms in total. The quantitative estimate of drug-likeness (QED) is 0.718. The maximum absolute atomic E-state index is 13.1. The molecule has 29 heavy (non-hydrogen) atoms. The van der Waals surface area contributed by atoms with Crippen molar-refractivity contribution < 1.29 is 14.7 Å². The number of nitrogens with two attached hydrogens (primary N) is 1. The number of carbonyl (C=O) groups is 2. The summed E-state index contributed by atoms with van der Waals surface area (Å²) in [5.74, 6) is -0.298. The van der Waals surface area contributed by atoms with Crippen molar-refractivity contribution in [3.05, 3.63) is 71.8 Å². The van der Waals surface area contributed by atoms with E-state index in [0.717, 1.165) is 11.1 Å². The molecular formula is C23H29N3O3. The lowest BCUT2D eigenvalue weighted by Crippen LogP contribution is -2.53. The second kappa shape index (κ2) is 10.4. The van der Waals surface area contributed by atoms with Gasteiger partial charge in [0.05, 0.1) is 6.04 Å². The zero-order chi connectivity index (χ0) is 21.4. The molecule has 0 bridgehead atoms. The molecule has 0 aliphatic heterocycles. The van der Waals surface area contributed by atoms with E-state index in [-0.39, 0.29) is 24.1 Å². The van der Waals surface area contributed by atoms with Crippen LogP contribution in [0.2, 0.25) is 0 Å². The van der Waals surface area contributed by atoms with E-state index >= 15 is 0 Å². The Morgan fingerprint density at radius 2 is 1.66 bits per heavy atom. The third-order valence-electron chi connectivity index (χ3n) is 4.67. The molecule has 2 rings (SSSR count). The maximum Gasteiger partial charge on any atom is 0.244 e. The molecule has 2 aromatic rings. The Balaban J connectivity index is 2.15. The Bertz CT molecular complexity index is 832. The fourth-order valence-corrected chi connectivity index (χ4v) is 3.00. The van der Waals surface area contributed by atoms with Crippen LogP contribution in [0.5, 0.6) is 5.75 Å². The summed E-state index contributed by atoms with van der Waals surface area (Å²) in [6, 6.07) is 14.9. The van der Waals surface area contributed by atoms with Crippen LogP contribution in [-0.4, -0.2) is 59.4 Å². The molecule has 0 aromatic heterocycles. The van der Waals surface area contributed by atoms with Gasteiger partial charge >= 0.3 is 0 Å². The molecule has 0 heterocycles. The number of rotatable bonds is 8. The summed E-state index contributed by atoms with van der Waals surface area (Å²) >= 11 is 0. The number of nitrogens with zero attached hydrogens (tertiary/aromatic N) is 2. The molecule has 2 atom stereocenters. The SMILES string of the molecule is C[C@H](C(=O)N(C)C)N(C/C=C\c1ccccc1)C(=O)C(N)Cc1ccc(O)cc1. The molecule has 6 heteroatoms. The Labute approximate surface area is 172 Å². The third-order valence-corrected chi connectivity index (χ3v) is 4.67. The lowest BCUT2D eigenvalue weighted by Gasteiger charge is -2.31. The number of amides is 2. The topological polar surface area (TPSA) is 86.9 Å². The van der Waals surface area contributed by atoms with E-state index in [1.165, 1.54) is 9.80 Å². The van der Waals surface area contributed by atoms with Gasteiger partial charge in [0.15, 0.2) is 0 Å². The van der Waals surface area contributed by atoms with Crippen LogP contribution in [-0.2, 0) is 16.0 Å². The molecule has 0 saturated carbocycles. The van der Waals surface area contributed by atoms with Crippen molar-refractivity contribution in [3.63, 3.8) is 0 Å². The Morgan fingerprint density at radius 3 is 2.24 bits per heavy atom. The van der Waals surface area contributed by atoms with Crippen LogP contribution in [0.15, 0.2) is 60.7 Å². The minimum absolute atomic E-state index is 0.159. The second-order valence-corrected chi connectivity index (χ2v) is 7.19. The van der Waals surface area contributed by atoms with Crippen molar-refractivity contribution in [3.8, 4) is 5.75 Å². The van der Waals surface area contributed by atoms with Crippen molar-refractivity contribution in [1.29, 1.82) is 0 Å². The highest BCUT2D eigenvalue weighted by atomic mass is 16.3. The molecule has 0 spiro atoms. The minimum Gasteiger partial charge on any atom is -0.508 e. The number of benzene rings is 2. The summed E-state index contributed by atoms with van der Waals surface area (Å²) < 4.78 is 0. The van der Waals surface area contributed by atoms with Crippen LogP contribution in [0.1, 0.15) is 18.1 Å². The molecule has 2 aromatic carbocycles. The van der Waals surface area contributed by atoms with Gasteiger partial charge in [0.25, 0.3) is 0 Å². The number of carbonyl (C=O) groups excluding carboxylic acids is 2. The fraction of sp³-hybridized carbons (Fsp3) is 0.304. The molecule has 0 aliphatic carbocycles. The molecule has 1 unspecified atom stereocenters.